The first-order valence-corrected chi connectivity index (χ1v) is 7.28. The lowest BCUT2D eigenvalue weighted by atomic mass is 10.1. The van der Waals surface area contributed by atoms with Crippen molar-refractivity contribution in [2.75, 3.05) is 18.5 Å². The number of anilines is 1. The van der Waals surface area contributed by atoms with Crippen LogP contribution < -0.4 is 5.32 Å². The van der Waals surface area contributed by atoms with E-state index in [1.807, 2.05) is 6.07 Å². The number of para-hydroxylation sites is 1. The highest BCUT2D eigenvalue weighted by Crippen LogP contribution is 2.34. The number of alkyl halides is 3. The quantitative estimate of drug-likeness (QED) is 0.873. The molecule has 0 atom stereocenters. The van der Waals surface area contributed by atoms with Gasteiger partial charge in [0.2, 0.25) is 0 Å². The van der Waals surface area contributed by atoms with Crippen LogP contribution in [0.5, 0.6) is 0 Å². The summed E-state index contributed by atoms with van der Waals surface area (Å²) in [5.41, 5.74) is -0.418. The molecule has 0 fully saturated rings. The molecule has 2 aromatic carbocycles. The summed E-state index contributed by atoms with van der Waals surface area (Å²) in [7, 11) is 0. The number of carbonyl (C=O) groups excluding carboxylic acids is 1. The number of rotatable bonds is 5. The van der Waals surface area contributed by atoms with Crippen LogP contribution in [-0.4, -0.2) is 29.2 Å². The van der Waals surface area contributed by atoms with E-state index in [0.29, 0.717) is 0 Å². The van der Waals surface area contributed by atoms with Crippen LogP contribution in [0, 0.1) is 0 Å². The predicted octanol–water partition coefficient (Wildman–Crippen LogP) is 3.73. The Bertz CT molecular complexity index is 675. The van der Waals surface area contributed by atoms with Gasteiger partial charge in [-0.05, 0) is 17.7 Å². The van der Waals surface area contributed by atoms with Crippen LogP contribution in [0.4, 0.5) is 23.7 Å². The zero-order valence-corrected chi connectivity index (χ0v) is 12.8. The smallest absolute Gasteiger partial charge is 0.395 e. The third-order valence-electron chi connectivity index (χ3n) is 3.35. The Morgan fingerprint density at radius 2 is 1.67 bits per heavy atom. The van der Waals surface area contributed by atoms with E-state index in [9.17, 15) is 18.0 Å². The van der Waals surface area contributed by atoms with Crippen molar-refractivity contribution in [2.24, 2.45) is 0 Å². The molecule has 0 unspecified atom stereocenters. The van der Waals surface area contributed by atoms with Crippen LogP contribution in [0.1, 0.15) is 11.1 Å². The van der Waals surface area contributed by atoms with E-state index in [4.69, 9.17) is 5.11 Å². The van der Waals surface area contributed by atoms with Crippen molar-refractivity contribution >= 4 is 11.7 Å². The number of urea groups is 1. The first kappa shape index (κ1) is 17.8. The average molecular weight is 338 g/mol. The standard InChI is InChI=1S/C17H17F3N2O2/c18-17(19,20)14-8-4-5-9-15(14)21-16(24)22(10-11-23)12-13-6-2-1-3-7-13/h1-9,23H,10-12H2,(H,21,24). The van der Waals surface area contributed by atoms with Gasteiger partial charge in [-0.25, -0.2) is 4.79 Å². The number of nitrogens with one attached hydrogen (secondary N) is 1. The van der Waals surface area contributed by atoms with Crippen LogP contribution in [0.2, 0.25) is 0 Å². The molecule has 0 radical (unpaired) electrons. The number of nitrogens with zero attached hydrogens (tertiary/aromatic N) is 1. The Hall–Kier alpha value is -2.54. The average Bonchev–Trinajstić information content (AvgIpc) is 2.55. The second kappa shape index (κ2) is 7.83. The highest BCUT2D eigenvalue weighted by atomic mass is 19.4. The van der Waals surface area contributed by atoms with Gasteiger partial charge in [-0.15, -0.1) is 0 Å². The Morgan fingerprint density at radius 3 is 2.29 bits per heavy atom. The van der Waals surface area contributed by atoms with Crippen molar-refractivity contribution in [3.8, 4) is 0 Å². The van der Waals surface area contributed by atoms with Gasteiger partial charge < -0.3 is 15.3 Å². The molecule has 0 aliphatic rings. The Morgan fingerprint density at radius 1 is 1.04 bits per heavy atom. The number of aliphatic hydroxyl groups is 1. The largest absolute Gasteiger partial charge is 0.418 e. The van der Waals surface area contributed by atoms with Gasteiger partial charge in [0.15, 0.2) is 0 Å². The Kier molecular flexibility index (Phi) is 5.81. The van der Waals surface area contributed by atoms with Crippen molar-refractivity contribution in [1.82, 2.24) is 4.90 Å². The summed E-state index contributed by atoms with van der Waals surface area (Å²) in [6.45, 7) is -0.0997. The molecule has 0 aromatic heterocycles. The summed E-state index contributed by atoms with van der Waals surface area (Å²) in [6.07, 6.45) is -4.56. The number of amides is 2. The fraction of sp³-hybridized carbons (Fsp3) is 0.235. The van der Waals surface area contributed by atoms with Gasteiger partial charge in [-0.3, -0.25) is 0 Å². The van der Waals surface area contributed by atoms with Crippen LogP contribution in [-0.2, 0) is 12.7 Å². The number of hydrogen-bond acceptors (Lipinski definition) is 2. The lowest BCUT2D eigenvalue weighted by Gasteiger charge is -2.23. The summed E-state index contributed by atoms with van der Waals surface area (Å²) in [6, 6.07) is 13.1. The van der Waals surface area contributed by atoms with Gasteiger partial charge in [-0.2, -0.15) is 13.2 Å². The van der Waals surface area contributed by atoms with Gasteiger partial charge >= 0.3 is 12.2 Å². The number of benzene rings is 2. The van der Waals surface area contributed by atoms with E-state index >= 15 is 0 Å². The number of carbonyl (C=O) groups is 1. The van der Waals surface area contributed by atoms with Crippen molar-refractivity contribution < 1.29 is 23.1 Å². The maximum absolute atomic E-state index is 13.0. The van der Waals surface area contributed by atoms with Crippen LogP contribution in [0.3, 0.4) is 0 Å². The molecular formula is C17H17F3N2O2. The van der Waals surface area contributed by atoms with Crippen molar-refractivity contribution in [2.45, 2.75) is 12.7 Å². The van der Waals surface area contributed by atoms with E-state index < -0.39 is 17.8 Å². The molecule has 2 N–H and O–H groups in total. The molecule has 128 valence electrons. The zero-order valence-electron chi connectivity index (χ0n) is 12.8. The first-order valence-electron chi connectivity index (χ1n) is 7.28. The monoisotopic (exact) mass is 338 g/mol. The van der Waals surface area contributed by atoms with E-state index in [1.54, 1.807) is 24.3 Å². The van der Waals surface area contributed by atoms with Crippen LogP contribution in [0.25, 0.3) is 0 Å². The van der Waals surface area contributed by atoms with Gasteiger partial charge in [0.25, 0.3) is 0 Å². The number of hydrogen-bond donors (Lipinski definition) is 2. The SMILES string of the molecule is O=C(Nc1ccccc1C(F)(F)F)N(CCO)Cc1ccccc1. The molecule has 0 aliphatic carbocycles. The lowest BCUT2D eigenvalue weighted by molar-refractivity contribution is -0.136. The second-order valence-electron chi connectivity index (χ2n) is 5.10. The molecule has 0 heterocycles. The molecule has 0 spiro atoms. The third kappa shape index (κ3) is 4.73. The topological polar surface area (TPSA) is 52.6 Å². The van der Waals surface area contributed by atoms with Gasteiger partial charge in [0.1, 0.15) is 0 Å². The zero-order chi connectivity index (χ0) is 17.6. The highest BCUT2D eigenvalue weighted by molar-refractivity contribution is 5.90. The molecule has 2 aromatic rings. The van der Waals surface area contributed by atoms with Crippen LogP contribution in [0.15, 0.2) is 54.6 Å². The molecule has 0 bridgehead atoms. The fourth-order valence-electron chi connectivity index (χ4n) is 2.21. The molecular weight excluding hydrogens is 321 g/mol. The Balaban J connectivity index is 2.17. The number of halogens is 3. The summed E-state index contributed by atoms with van der Waals surface area (Å²) in [5.74, 6) is 0. The first-order chi connectivity index (χ1) is 11.4. The van der Waals surface area contributed by atoms with Crippen LogP contribution >= 0.6 is 0 Å². The fourth-order valence-corrected chi connectivity index (χ4v) is 2.21. The molecule has 4 nitrogen and oxygen atoms in total. The van der Waals surface area contributed by atoms with E-state index in [0.717, 1.165) is 11.6 Å². The molecule has 7 heteroatoms. The minimum Gasteiger partial charge on any atom is -0.395 e. The molecule has 2 amide bonds. The second-order valence-corrected chi connectivity index (χ2v) is 5.10. The molecule has 0 aliphatic heterocycles. The normalized spacial score (nSPS) is 11.2. The van der Waals surface area contributed by atoms with Crippen molar-refractivity contribution in [3.63, 3.8) is 0 Å². The summed E-state index contributed by atoms with van der Waals surface area (Å²) in [5, 5.41) is 11.4. The van der Waals surface area contributed by atoms with E-state index in [2.05, 4.69) is 5.32 Å². The van der Waals surface area contributed by atoms with Gasteiger partial charge in [0, 0.05) is 13.1 Å². The minimum absolute atomic E-state index is 0.00884. The maximum atomic E-state index is 13.0. The van der Waals surface area contributed by atoms with Gasteiger partial charge in [0.05, 0.1) is 17.9 Å². The van der Waals surface area contributed by atoms with Crippen molar-refractivity contribution in [1.29, 1.82) is 0 Å². The lowest BCUT2D eigenvalue weighted by Crippen LogP contribution is -2.37. The highest BCUT2D eigenvalue weighted by Gasteiger charge is 2.33. The minimum atomic E-state index is -4.56. The molecule has 24 heavy (non-hydrogen) atoms. The number of aliphatic hydroxyl groups excluding tert-OH is 1. The van der Waals surface area contributed by atoms with E-state index in [-0.39, 0.29) is 25.4 Å². The maximum Gasteiger partial charge on any atom is 0.418 e. The summed E-state index contributed by atoms with van der Waals surface area (Å²) < 4.78 is 39.0. The van der Waals surface area contributed by atoms with Crippen molar-refractivity contribution in [3.05, 3.63) is 65.7 Å². The third-order valence-corrected chi connectivity index (χ3v) is 3.35. The summed E-state index contributed by atoms with van der Waals surface area (Å²) in [4.78, 5) is 13.6. The molecule has 0 saturated carbocycles. The molecule has 2 rings (SSSR count). The predicted molar refractivity (Wildman–Crippen MR) is 84.4 cm³/mol. The summed E-state index contributed by atoms with van der Waals surface area (Å²) >= 11 is 0. The Labute approximate surface area is 137 Å². The molecule has 0 saturated heterocycles. The van der Waals surface area contributed by atoms with E-state index in [1.165, 1.54) is 23.1 Å². The van der Waals surface area contributed by atoms with Gasteiger partial charge in [-0.1, -0.05) is 42.5 Å².